The lowest BCUT2D eigenvalue weighted by Crippen LogP contribution is -2.39. The Morgan fingerprint density at radius 3 is 2.63 bits per heavy atom. The monoisotopic (exact) mass is 261 g/mol. The van der Waals surface area contributed by atoms with E-state index in [2.05, 4.69) is 49.5 Å². The molecule has 1 aliphatic rings. The van der Waals surface area contributed by atoms with Gasteiger partial charge in [-0.05, 0) is 38.2 Å². The molecule has 2 unspecified atom stereocenters. The van der Waals surface area contributed by atoms with Crippen LogP contribution >= 0.6 is 0 Å². The molecule has 2 heteroatoms. The first-order valence-electron chi connectivity index (χ1n) is 7.67. The fraction of sp³-hybridized carbons (Fsp3) is 0.647. The second-order valence-electron chi connectivity index (χ2n) is 5.78. The van der Waals surface area contributed by atoms with Gasteiger partial charge in [-0.15, -0.1) is 0 Å². The molecule has 19 heavy (non-hydrogen) atoms. The normalized spacial score (nSPS) is 23.7. The highest BCUT2D eigenvalue weighted by molar-refractivity contribution is 5.21. The Morgan fingerprint density at radius 2 is 1.89 bits per heavy atom. The third-order valence-corrected chi connectivity index (χ3v) is 3.95. The van der Waals surface area contributed by atoms with E-state index in [-0.39, 0.29) is 0 Å². The molecule has 1 saturated carbocycles. The average molecular weight is 261 g/mol. The summed E-state index contributed by atoms with van der Waals surface area (Å²) >= 11 is 0. The SMILES string of the molecule is CC(C)OCCNC1CCCCC1c1ccccc1. The van der Waals surface area contributed by atoms with Crippen molar-refractivity contribution in [3.8, 4) is 0 Å². The van der Waals surface area contributed by atoms with Crippen molar-refractivity contribution in [2.75, 3.05) is 13.2 Å². The van der Waals surface area contributed by atoms with Crippen LogP contribution in [0.2, 0.25) is 0 Å². The van der Waals surface area contributed by atoms with E-state index in [1.807, 2.05) is 0 Å². The van der Waals surface area contributed by atoms with Crippen molar-refractivity contribution >= 4 is 0 Å². The number of benzene rings is 1. The first kappa shape index (κ1) is 14.5. The molecular formula is C17H27NO. The van der Waals surface area contributed by atoms with Gasteiger partial charge >= 0.3 is 0 Å². The van der Waals surface area contributed by atoms with Gasteiger partial charge in [0.05, 0.1) is 12.7 Å². The molecule has 1 N–H and O–H groups in total. The van der Waals surface area contributed by atoms with Gasteiger partial charge in [-0.2, -0.15) is 0 Å². The van der Waals surface area contributed by atoms with Gasteiger partial charge in [0.1, 0.15) is 0 Å². The Morgan fingerprint density at radius 1 is 1.16 bits per heavy atom. The minimum Gasteiger partial charge on any atom is -0.377 e. The summed E-state index contributed by atoms with van der Waals surface area (Å²) in [5.74, 6) is 0.675. The van der Waals surface area contributed by atoms with Crippen LogP contribution in [0, 0.1) is 0 Å². The maximum Gasteiger partial charge on any atom is 0.0594 e. The predicted octanol–water partition coefficient (Wildman–Crippen LogP) is 3.73. The van der Waals surface area contributed by atoms with Crippen LogP contribution < -0.4 is 5.32 Å². The Hall–Kier alpha value is -0.860. The largest absolute Gasteiger partial charge is 0.377 e. The van der Waals surface area contributed by atoms with Crippen LogP contribution in [0.25, 0.3) is 0 Å². The molecule has 0 radical (unpaired) electrons. The number of nitrogens with one attached hydrogen (secondary N) is 1. The molecule has 0 bridgehead atoms. The lowest BCUT2D eigenvalue weighted by Gasteiger charge is -2.33. The van der Waals surface area contributed by atoms with Crippen LogP contribution in [0.3, 0.4) is 0 Å². The quantitative estimate of drug-likeness (QED) is 0.788. The standard InChI is InChI=1S/C17H27NO/c1-14(2)19-13-12-18-17-11-7-6-10-16(17)15-8-4-3-5-9-15/h3-5,8-9,14,16-18H,6-7,10-13H2,1-2H3. The Labute approximate surface area is 117 Å². The van der Waals surface area contributed by atoms with Crippen LogP contribution in [0.1, 0.15) is 51.0 Å². The molecule has 0 aliphatic heterocycles. The van der Waals surface area contributed by atoms with Gasteiger partial charge in [0, 0.05) is 12.6 Å². The van der Waals surface area contributed by atoms with E-state index >= 15 is 0 Å². The summed E-state index contributed by atoms with van der Waals surface area (Å²) in [5.41, 5.74) is 1.49. The summed E-state index contributed by atoms with van der Waals surface area (Å²) in [5, 5.41) is 3.70. The highest BCUT2D eigenvalue weighted by Crippen LogP contribution is 2.32. The van der Waals surface area contributed by atoms with E-state index in [1.54, 1.807) is 0 Å². The molecule has 0 amide bonds. The molecule has 2 rings (SSSR count). The highest BCUT2D eigenvalue weighted by atomic mass is 16.5. The van der Waals surface area contributed by atoms with Gasteiger partial charge in [0.25, 0.3) is 0 Å². The summed E-state index contributed by atoms with van der Waals surface area (Å²) in [6.45, 7) is 5.96. The fourth-order valence-electron chi connectivity index (χ4n) is 3.01. The molecule has 2 nitrogen and oxygen atoms in total. The van der Waals surface area contributed by atoms with E-state index in [0.29, 0.717) is 18.1 Å². The molecule has 0 heterocycles. The van der Waals surface area contributed by atoms with E-state index in [0.717, 1.165) is 13.2 Å². The zero-order chi connectivity index (χ0) is 13.5. The van der Waals surface area contributed by atoms with Crippen molar-refractivity contribution in [2.24, 2.45) is 0 Å². The number of hydrogen-bond donors (Lipinski definition) is 1. The second kappa shape index (κ2) is 7.66. The van der Waals surface area contributed by atoms with Gasteiger partial charge in [-0.3, -0.25) is 0 Å². The van der Waals surface area contributed by atoms with Crippen molar-refractivity contribution in [1.82, 2.24) is 5.32 Å². The first-order chi connectivity index (χ1) is 9.27. The van der Waals surface area contributed by atoms with Gasteiger partial charge in [-0.25, -0.2) is 0 Å². The van der Waals surface area contributed by atoms with Crippen molar-refractivity contribution in [3.05, 3.63) is 35.9 Å². The third kappa shape index (κ3) is 4.63. The minimum absolute atomic E-state index is 0.332. The molecule has 1 aliphatic carbocycles. The molecular weight excluding hydrogens is 234 g/mol. The number of rotatable bonds is 6. The summed E-state index contributed by atoms with van der Waals surface area (Å²) in [6, 6.07) is 11.6. The maximum atomic E-state index is 5.61. The Kier molecular flexibility index (Phi) is 5.87. The maximum absolute atomic E-state index is 5.61. The van der Waals surface area contributed by atoms with Crippen molar-refractivity contribution in [3.63, 3.8) is 0 Å². The fourth-order valence-corrected chi connectivity index (χ4v) is 3.01. The zero-order valence-corrected chi connectivity index (χ0v) is 12.3. The zero-order valence-electron chi connectivity index (χ0n) is 12.3. The molecule has 1 aromatic rings. The van der Waals surface area contributed by atoms with E-state index in [9.17, 15) is 0 Å². The van der Waals surface area contributed by atoms with Crippen molar-refractivity contribution in [1.29, 1.82) is 0 Å². The topological polar surface area (TPSA) is 21.3 Å². The molecule has 0 saturated heterocycles. The summed E-state index contributed by atoms with van der Waals surface area (Å²) in [7, 11) is 0. The highest BCUT2D eigenvalue weighted by Gasteiger charge is 2.25. The molecule has 1 fully saturated rings. The van der Waals surface area contributed by atoms with Crippen LogP contribution in [0.5, 0.6) is 0 Å². The predicted molar refractivity (Wildman–Crippen MR) is 80.5 cm³/mol. The van der Waals surface area contributed by atoms with E-state index in [1.165, 1.54) is 31.2 Å². The van der Waals surface area contributed by atoms with Crippen LogP contribution in [-0.2, 0) is 4.74 Å². The Balaban J connectivity index is 1.86. The van der Waals surface area contributed by atoms with E-state index < -0.39 is 0 Å². The van der Waals surface area contributed by atoms with Gasteiger partial charge in [0.15, 0.2) is 0 Å². The molecule has 0 spiro atoms. The first-order valence-corrected chi connectivity index (χ1v) is 7.67. The molecule has 106 valence electrons. The summed E-state index contributed by atoms with van der Waals surface area (Å²) < 4.78 is 5.61. The minimum atomic E-state index is 0.332. The van der Waals surface area contributed by atoms with Gasteiger partial charge < -0.3 is 10.1 Å². The van der Waals surface area contributed by atoms with Crippen LogP contribution in [0.15, 0.2) is 30.3 Å². The van der Waals surface area contributed by atoms with Gasteiger partial charge in [0.2, 0.25) is 0 Å². The summed E-state index contributed by atoms with van der Waals surface area (Å²) in [4.78, 5) is 0. The molecule has 1 aromatic carbocycles. The second-order valence-corrected chi connectivity index (χ2v) is 5.78. The number of ether oxygens (including phenoxy) is 1. The molecule has 0 aromatic heterocycles. The lowest BCUT2D eigenvalue weighted by atomic mass is 9.80. The van der Waals surface area contributed by atoms with Crippen LogP contribution in [0.4, 0.5) is 0 Å². The van der Waals surface area contributed by atoms with Crippen molar-refractivity contribution < 1.29 is 4.74 Å². The number of hydrogen-bond acceptors (Lipinski definition) is 2. The van der Waals surface area contributed by atoms with E-state index in [4.69, 9.17) is 4.74 Å². The van der Waals surface area contributed by atoms with Crippen molar-refractivity contribution in [2.45, 2.75) is 57.6 Å². The molecule has 2 atom stereocenters. The third-order valence-electron chi connectivity index (χ3n) is 3.95. The Bertz CT molecular complexity index is 350. The summed E-state index contributed by atoms with van der Waals surface area (Å²) in [6.07, 6.45) is 5.65. The van der Waals surface area contributed by atoms with Gasteiger partial charge in [-0.1, -0.05) is 43.2 Å². The lowest BCUT2D eigenvalue weighted by molar-refractivity contribution is 0.0779. The average Bonchev–Trinajstić information content (AvgIpc) is 2.45. The smallest absolute Gasteiger partial charge is 0.0594 e. The van der Waals surface area contributed by atoms with Crippen LogP contribution in [-0.4, -0.2) is 25.3 Å².